The summed E-state index contributed by atoms with van der Waals surface area (Å²) in [7, 11) is 0. The van der Waals surface area contributed by atoms with E-state index in [-0.39, 0.29) is 10.6 Å². The highest BCUT2D eigenvalue weighted by Crippen LogP contribution is 2.34. The molecule has 4 heteroatoms. The van der Waals surface area contributed by atoms with Gasteiger partial charge in [-0.15, -0.1) is 0 Å². The minimum Gasteiger partial charge on any atom is -0.207 e. The fraction of sp³-hybridized carbons (Fsp3) is 0.0769. The molecule has 0 bridgehead atoms. The van der Waals surface area contributed by atoms with Crippen LogP contribution < -0.4 is 0 Å². The van der Waals surface area contributed by atoms with Crippen LogP contribution in [-0.2, 0) is 0 Å². The van der Waals surface area contributed by atoms with Crippen LogP contribution in [0, 0.1) is 11.6 Å². The number of halogens is 4. The van der Waals surface area contributed by atoms with Gasteiger partial charge in [0.15, 0.2) is 0 Å². The first-order valence-corrected chi connectivity index (χ1v) is 6.22. The first-order chi connectivity index (χ1) is 8.09. The van der Waals surface area contributed by atoms with Crippen LogP contribution in [0.1, 0.15) is 16.0 Å². The largest absolute Gasteiger partial charge is 0.207 e. The van der Waals surface area contributed by atoms with Crippen LogP contribution in [0.5, 0.6) is 0 Å². The number of hydrogen-bond acceptors (Lipinski definition) is 0. The Balaban J connectivity index is 2.44. The molecule has 0 aliphatic rings. The van der Waals surface area contributed by atoms with Gasteiger partial charge in [0.1, 0.15) is 11.6 Å². The topological polar surface area (TPSA) is 0 Å². The molecular formula is C13H8BrClF2. The van der Waals surface area contributed by atoms with Gasteiger partial charge in [-0.05, 0) is 17.7 Å². The van der Waals surface area contributed by atoms with Gasteiger partial charge in [-0.3, -0.25) is 0 Å². The third-order valence-corrected chi connectivity index (χ3v) is 3.72. The van der Waals surface area contributed by atoms with Gasteiger partial charge in [0.05, 0.1) is 9.85 Å². The molecule has 88 valence electrons. The summed E-state index contributed by atoms with van der Waals surface area (Å²) < 4.78 is 27.0. The molecule has 0 nitrogen and oxygen atoms in total. The Kier molecular flexibility index (Phi) is 3.79. The Bertz CT molecular complexity index is 528. The van der Waals surface area contributed by atoms with E-state index in [0.717, 1.165) is 17.7 Å². The second-order valence-electron chi connectivity index (χ2n) is 3.56. The van der Waals surface area contributed by atoms with E-state index >= 15 is 0 Å². The molecule has 0 amide bonds. The molecule has 0 heterocycles. The minimum absolute atomic E-state index is 0.209. The van der Waals surface area contributed by atoms with E-state index in [4.69, 9.17) is 11.6 Å². The maximum atomic E-state index is 13.7. The summed E-state index contributed by atoms with van der Waals surface area (Å²) in [5.41, 5.74) is 1.09. The van der Waals surface area contributed by atoms with Gasteiger partial charge in [-0.1, -0.05) is 57.9 Å². The van der Waals surface area contributed by atoms with Crippen LogP contribution in [0.2, 0.25) is 5.02 Å². The van der Waals surface area contributed by atoms with E-state index in [2.05, 4.69) is 15.9 Å². The molecule has 0 radical (unpaired) electrons. The van der Waals surface area contributed by atoms with Crippen molar-refractivity contribution in [2.45, 2.75) is 4.83 Å². The zero-order chi connectivity index (χ0) is 12.4. The molecule has 17 heavy (non-hydrogen) atoms. The van der Waals surface area contributed by atoms with Crippen LogP contribution in [0.4, 0.5) is 8.78 Å². The van der Waals surface area contributed by atoms with Crippen molar-refractivity contribution >= 4 is 27.5 Å². The lowest BCUT2D eigenvalue weighted by Crippen LogP contribution is -1.98. The Morgan fingerprint density at radius 2 is 1.65 bits per heavy atom. The van der Waals surface area contributed by atoms with Gasteiger partial charge in [0.2, 0.25) is 0 Å². The predicted octanol–water partition coefficient (Wildman–Crippen LogP) is 5.10. The quantitative estimate of drug-likeness (QED) is 0.534. The molecule has 1 unspecified atom stereocenters. The lowest BCUT2D eigenvalue weighted by Gasteiger charge is -2.12. The molecule has 2 aromatic rings. The highest BCUT2D eigenvalue weighted by Gasteiger charge is 2.17. The fourth-order valence-corrected chi connectivity index (χ4v) is 2.34. The molecule has 0 fully saturated rings. The predicted molar refractivity (Wildman–Crippen MR) is 68.6 cm³/mol. The van der Waals surface area contributed by atoms with E-state index in [1.54, 1.807) is 0 Å². The number of rotatable bonds is 2. The molecule has 0 aliphatic heterocycles. The molecule has 1 atom stereocenters. The number of hydrogen-bond donors (Lipinski definition) is 0. The van der Waals surface area contributed by atoms with Gasteiger partial charge in [0, 0.05) is 5.56 Å². The molecule has 2 rings (SSSR count). The van der Waals surface area contributed by atoms with Crippen molar-refractivity contribution in [1.29, 1.82) is 0 Å². The van der Waals surface area contributed by atoms with Crippen molar-refractivity contribution in [3.8, 4) is 0 Å². The van der Waals surface area contributed by atoms with Crippen molar-refractivity contribution in [1.82, 2.24) is 0 Å². The Morgan fingerprint density at radius 3 is 2.29 bits per heavy atom. The highest BCUT2D eigenvalue weighted by atomic mass is 79.9. The SMILES string of the molecule is Fc1cc(C(Br)c2ccccc2)c(F)cc1Cl. The molecular weight excluding hydrogens is 309 g/mol. The van der Waals surface area contributed by atoms with Crippen molar-refractivity contribution in [3.05, 3.63) is 70.2 Å². The van der Waals surface area contributed by atoms with Crippen LogP contribution in [-0.4, -0.2) is 0 Å². The monoisotopic (exact) mass is 316 g/mol. The molecule has 0 spiro atoms. The van der Waals surface area contributed by atoms with E-state index in [1.807, 2.05) is 30.3 Å². The van der Waals surface area contributed by atoms with Crippen molar-refractivity contribution in [2.24, 2.45) is 0 Å². The summed E-state index contributed by atoms with van der Waals surface area (Å²) in [6, 6.07) is 11.3. The molecule has 0 N–H and O–H groups in total. The molecule has 2 aromatic carbocycles. The summed E-state index contributed by atoms with van der Waals surface area (Å²) >= 11 is 8.86. The molecule has 0 saturated carbocycles. The molecule has 0 saturated heterocycles. The van der Waals surface area contributed by atoms with E-state index < -0.39 is 16.5 Å². The number of benzene rings is 2. The zero-order valence-corrected chi connectivity index (χ0v) is 11.0. The maximum Gasteiger partial charge on any atom is 0.142 e. The standard InChI is InChI=1S/C13H8BrClF2/c14-13(8-4-2-1-3-5-8)9-6-12(17)10(15)7-11(9)16/h1-7,13H. The lowest BCUT2D eigenvalue weighted by molar-refractivity contribution is 0.588. The third-order valence-electron chi connectivity index (χ3n) is 2.40. The first kappa shape index (κ1) is 12.5. The average molecular weight is 318 g/mol. The highest BCUT2D eigenvalue weighted by molar-refractivity contribution is 9.09. The average Bonchev–Trinajstić information content (AvgIpc) is 2.34. The third kappa shape index (κ3) is 2.67. The zero-order valence-electron chi connectivity index (χ0n) is 8.63. The molecule has 0 aromatic heterocycles. The van der Waals surface area contributed by atoms with Crippen molar-refractivity contribution in [3.63, 3.8) is 0 Å². The Morgan fingerprint density at radius 1 is 1.00 bits per heavy atom. The van der Waals surface area contributed by atoms with Gasteiger partial charge >= 0.3 is 0 Å². The van der Waals surface area contributed by atoms with Gasteiger partial charge < -0.3 is 0 Å². The normalized spacial score (nSPS) is 12.5. The van der Waals surface area contributed by atoms with Crippen LogP contribution in [0.3, 0.4) is 0 Å². The summed E-state index contributed by atoms with van der Waals surface area (Å²) in [6.45, 7) is 0. The van der Waals surface area contributed by atoms with Crippen molar-refractivity contribution < 1.29 is 8.78 Å². The van der Waals surface area contributed by atoms with E-state index in [1.165, 1.54) is 0 Å². The minimum atomic E-state index is -0.622. The first-order valence-electron chi connectivity index (χ1n) is 4.93. The van der Waals surface area contributed by atoms with Gasteiger partial charge in [-0.25, -0.2) is 8.78 Å². The second-order valence-corrected chi connectivity index (χ2v) is 4.88. The second kappa shape index (κ2) is 5.15. The summed E-state index contributed by atoms with van der Waals surface area (Å²) in [5.74, 6) is -1.15. The summed E-state index contributed by atoms with van der Waals surface area (Å²) in [6.07, 6.45) is 0. The van der Waals surface area contributed by atoms with Gasteiger partial charge in [-0.2, -0.15) is 0 Å². The lowest BCUT2D eigenvalue weighted by atomic mass is 10.0. The van der Waals surface area contributed by atoms with E-state index in [0.29, 0.717) is 0 Å². The Labute approximate surface area is 111 Å². The number of alkyl halides is 1. The summed E-state index contributed by atoms with van der Waals surface area (Å²) in [5, 5.41) is -0.209. The van der Waals surface area contributed by atoms with E-state index in [9.17, 15) is 8.78 Å². The smallest absolute Gasteiger partial charge is 0.142 e. The van der Waals surface area contributed by atoms with Crippen LogP contribution in [0.25, 0.3) is 0 Å². The van der Waals surface area contributed by atoms with Gasteiger partial charge in [0.25, 0.3) is 0 Å². The van der Waals surface area contributed by atoms with Crippen molar-refractivity contribution in [2.75, 3.05) is 0 Å². The Hall–Kier alpha value is -0.930. The summed E-state index contributed by atoms with van der Waals surface area (Å²) in [4.78, 5) is -0.393. The maximum absolute atomic E-state index is 13.7. The van der Waals surface area contributed by atoms with Crippen LogP contribution >= 0.6 is 27.5 Å². The van der Waals surface area contributed by atoms with Crippen LogP contribution in [0.15, 0.2) is 42.5 Å². The fourth-order valence-electron chi connectivity index (χ4n) is 1.53. The molecule has 0 aliphatic carbocycles.